The Morgan fingerprint density at radius 1 is 1.27 bits per heavy atom. The van der Waals surface area contributed by atoms with E-state index < -0.39 is 11.2 Å². The highest BCUT2D eigenvalue weighted by molar-refractivity contribution is 7.90. The summed E-state index contributed by atoms with van der Waals surface area (Å²) in [7, 11) is 0. The molecule has 0 bridgehead atoms. The van der Waals surface area contributed by atoms with Crippen molar-refractivity contribution in [3.63, 3.8) is 0 Å². The first-order chi connectivity index (χ1) is 7.29. The van der Waals surface area contributed by atoms with Crippen LogP contribution in [-0.4, -0.2) is 23.9 Å². The van der Waals surface area contributed by atoms with Gasteiger partial charge in [0.25, 0.3) is 0 Å². The molecule has 1 heterocycles. The van der Waals surface area contributed by atoms with Gasteiger partial charge in [-0.05, 0) is 49.1 Å². The SMILES string of the molecule is C[S+]([O-])c1ccccc1C1CCNCC1. The Labute approximate surface area is 94.3 Å². The van der Waals surface area contributed by atoms with Gasteiger partial charge >= 0.3 is 0 Å². The second-order valence-electron chi connectivity index (χ2n) is 4.02. The van der Waals surface area contributed by atoms with Crippen LogP contribution in [0.15, 0.2) is 29.2 Å². The van der Waals surface area contributed by atoms with Crippen LogP contribution >= 0.6 is 0 Å². The Kier molecular flexibility index (Phi) is 3.67. The fourth-order valence-electron chi connectivity index (χ4n) is 2.21. The molecule has 0 aliphatic carbocycles. The lowest BCUT2D eigenvalue weighted by Gasteiger charge is -2.24. The third-order valence-corrected chi connectivity index (χ3v) is 4.00. The second kappa shape index (κ2) is 5.01. The minimum Gasteiger partial charge on any atom is -0.612 e. The fraction of sp³-hybridized carbons (Fsp3) is 0.500. The van der Waals surface area contributed by atoms with E-state index in [1.54, 1.807) is 6.26 Å². The molecule has 2 nitrogen and oxygen atoms in total. The van der Waals surface area contributed by atoms with Crippen molar-refractivity contribution in [2.75, 3.05) is 19.3 Å². The van der Waals surface area contributed by atoms with E-state index >= 15 is 0 Å². The van der Waals surface area contributed by atoms with E-state index in [1.807, 2.05) is 18.2 Å². The lowest BCUT2D eigenvalue weighted by atomic mass is 9.90. The van der Waals surface area contributed by atoms with E-state index in [4.69, 9.17) is 0 Å². The van der Waals surface area contributed by atoms with Crippen molar-refractivity contribution in [1.29, 1.82) is 0 Å². The number of hydrogen-bond donors (Lipinski definition) is 1. The molecule has 1 aliphatic rings. The number of nitrogens with one attached hydrogen (secondary N) is 1. The van der Waals surface area contributed by atoms with Crippen molar-refractivity contribution in [2.45, 2.75) is 23.7 Å². The van der Waals surface area contributed by atoms with Crippen LogP contribution in [0.5, 0.6) is 0 Å². The Balaban J connectivity index is 2.25. The Morgan fingerprint density at radius 2 is 1.93 bits per heavy atom. The summed E-state index contributed by atoms with van der Waals surface area (Å²) in [4.78, 5) is 1.02. The van der Waals surface area contributed by atoms with E-state index in [9.17, 15) is 4.55 Å². The maximum atomic E-state index is 11.6. The third kappa shape index (κ3) is 2.54. The predicted octanol–water partition coefficient (Wildman–Crippen LogP) is 1.89. The quantitative estimate of drug-likeness (QED) is 0.777. The van der Waals surface area contributed by atoms with E-state index in [-0.39, 0.29) is 0 Å². The van der Waals surface area contributed by atoms with Crippen molar-refractivity contribution in [3.05, 3.63) is 29.8 Å². The molecular weight excluding hydrogens is 206 g/mol. The first-order valence-corrected chi connectivity index (χ1v) is 6.98. The van der Waals surface area contributed by atoms with Crippen LogP contribution in [0, 0.1) is 0 Å². The maximum Gasteiger partial charge on any atom is 0.155 e. The topological polar surface area (TPSA) is 35.1 Å². The predicted molar refractivity (Wildman–Crippen MR) is 63.6 cm³/mol. The van der Waals surface area contributed by atoms with Gasteiger partial charge in [-0.1, -0.05) is 18.2 Å². The number of rotatable bonds is 2. The molecule has 3 heteroatoms. The van der Waals surface area contributed by atoms with Gasteiger partial charge in [0.1, 0.15) is 6.26 Å². The minimum absolute atomic E-state index is 0.589. The van der Waals surface area contributed by atoms with Gasteiger partial charge in [-0.3, -0.25) is 0 Å². The molecule has 82 valence electrons. The lowest BCUT2D eigenvalue weighted by Crippen LogP contribution is -2.27. The Morgan fingerprint density at radius 3 is 2.60 bits per heavy atom. The van der Waals surface area contributed by atoms with Gasteiger partial charge < -0.3 is 9.87 Å². The molecule has 0 amide bonds. The Bertz CT molecular complexity index is 321. The lowest BCUT2D eigenvalue weighted by molar-refractivity contribution is 0.455. The summed E-state index contributed by atoms with van der Waals surface area (Å²) in [5.74, 6) is 0.589. The Hall–Kier alpha value is -0.510. The van der Waals surface area contributed by atoms with Crippen LogP contribution in [-0.2, 0) is 11.2 Å². The van der Waals surface area contributed by atoms with Gasteiger partial charge in [0, 0.05) is 5.56 Å². The van der Waals surface area contributed by atoms with Gasteiger partial charge in [-0.2, -0.15) is 0 Å². The molecule has 0 aromatic heterocycles. The number of piperidine rings is 1. The van der Waals surface area contributed by atoms with Gasteiger partial charge in [-0.15, -0.1) is 0 Å². The maximum absolute atomic E-state index is 11.6. The molecule has 1 aromatic rings. The fourth-order valence-corrected chi connectivity index (χ4v) is 3.05. The molecule has 2 rings (SSSR count). The molecule has 1 unspecified atom stereocenters. The van der Waals surface area contributed by atoms with Crippen molar-refractivity contribution in [3.8, 4) is 0 Å². The smallest absolute Gasteiger partial charge is 0.155 e. The van der Waals surface area contributed by atoms with E-state index in [1.165, 1.54) is 5.56 Å². The van der Waals surface area contributed by atoms with E-state index in [0.717, 1.165) is 30.8 Å². The molecule has 0 radical (unpaired) electrons. The highest BCUT2D eigenvalue weighted by atomic mass is 32.2. The third-order valence-electron chi connectivity index (χ3n) is 3.01. The van der Waals surface area contributed by atoms with E-state index in [0.29, 0.717) is 5.92 Å². The highest BCUT2D eigenvalue weighted by Gasteiger charge is 2.21. The average Bonchev–Trinajstić information content (AvgIpc) is 2.30. The highest BCUT2D eigenvalue weighted by Crippen LogP contribution is 2.30. The van der Waals surface area contributed by atoms with Crippen LogP contribution in [0.3, 0.4) is 0 Å². The summed E-state index contributed by atoms with van der Waals surface area (Å²) < 4.78 is 11.6. The molecule has 0 saturated carbocycles. The summed E-state index contributed by atoms with van der Waals surface area (Å²) in [5.41, 5.74) is 1.29. The summed E-state index contributed by atoms with van der Waals surface area (Å²) in [6, 6.07) is 8.15. The minimum atomic E-state index is -0.863. The largest absolute Gasteiger partial charge is 0.612 e. The zero-order chi connectivity index (χ0) is 10.7. The van der Waals surface area contributed by atoms with Gasteiger partial charge in [0.2, 0.25) is 0 Å². The monoisotopic (exact) mass is 223 g/mol. The summed E-state index contributed by atoms with van der Waals surface area (Å²) in [6.45, 7) is 2.16. The molecule has 1 fully saturated rings. The number of benzene rings is 1. The van der Waals surface area contributed by atoms with Crippen molar-refractivity contribution < 1.29 is 4.55 Å². The number of hydrogen-bond acceptors (Lipinski definition) is 2. The molecule has 1 atom stereocenters. The van der Waals surface area contributed by atoms with E-state index in [2.05, 4.69) is 11.4 Å². The van der Waals surface area contributed by atoms with Crippen molar-refractivity contribution in [2.24, 2.45) is 0 Å². The first-order valence-electron chi connectivity index (χ1n) is 5.42. The molecule has 0 spiro atoms. The van der Waals surface area contributed by atoms with Gasteiger partial charge in [0.05, 0.1) is 0 Å². The van der Waals surface area contributed by atoms with Crippen LogP contribution < -0.4 is 5.32 Å². The molecule has 1 saturated heterocycles. The average molecular weight is 223 g/mol. The van der Waals surface area contributed by atoms with Gasteiger partial charge in [-0.25, -0.2) is 0 Å². The van der Waals surface area contributed by atoms with Crippen LogP contribution in [0.1, 0.15) is 24.3 Å². The van der Waals surface area contributed by atoms with Crippen LogP contribution in [0.25, 0.3) is 0 Å². The standard InChI is InChI=1S/C12H17NOS/c1-15(14)12-5-3-2-4-11(12)10-6-8-13-9-7-10/h2-5,10,13H,6-9H2,1H3. The summed E-state index contributed by atoms with van der Waals surface area (Å²) in [6.07, 6.45) is 4.09. The summed E-state index contributed by atoms with van der Waals surface area (Å²) in [5, 5.41) is 3.36. The summed E-state index contributed by atoms with van der Waals surface area (Å²) >= 11 is -0.863. The normalized spacial score (nSPS) is 20.1. The zero-order valence-electron chi connectivity index (χ0n) is 9.03. The molecular formula is C12H17NOS. The molecule has 1 N–H and O–H groups in total. The molecule has 1 aromatic carbocycles. The van der Waals surface area contributed by atoms with Crippen LogP contribution in [0.4, 0.5) is 0 Å². The van der Waals surface area contributed by atoms with Gasteiger partial charge in [0.15, 0.2) is 4.90 Å². The molecule has 15 heavy (non-hydrogen) atoms. The second-order valence-corrected chi connectivity index (χ2v) is 5.36. The van der Waals surface area contributed by atoms with Crippen LogP contribution in [0.2, 0.25) is 0 Å². The molecule has 1 aliphatic heterocycles. The van der Waals surface area contributed by atoms with Crippen molar-refractivity contribution >= 4 is 11.2 Å². The first kappa shape index (κ1) is 11.0. The zero-order valence-corrected chi connectivity index (χ0v) is 9.85. The van der Waals surface area contributed by atoms with Crippen molar-refractivity contribution in [1.82, 2.24) is 5.32 Å².